The van der Waals surface area contributed by atoms with Crippen LogP contribution in [0.3, 0.4) is 0 Å². The molecule has 1 rings (SSSR count). The van der Waals surface area contributed by atoms with Gasteiger partial charge in [0.15, 0.2) is 5.82 Å². The zero-order valence-corrected chi connectivity index (χ0v) is 11.0. The number of carbonyl (C=O) groups excluding carboxylic acids is 1. The summed E-state index contributed by atoms with van der Waals surface area (Å²) in [6.45, 7) is 5.19. The highest BCUT2D eigenvalue weighted by atomic mass is 35.5. The highest BCUT2D eigenvalue weighted by molar-refractivity contribution is 6.59. The standard InChI is InChI=1S/C10H14BClN2O4/c1-10(2,3)18-9(15)14-8-7(12)4-6(5-13-8)11(16)17/h4-5,16-17H,1-3H3,(H,13,14,15). The lowest BCUT2D eigenvalue weighted by Gasteiger charge is -2.19. The Bertz CT molecular complexity index is 448. The minimum absolute atomic E-state index is 0.0893. The van der Waals surface area contributed by atoms with E-state index in [9.17, 15) is 4.79 Å². The third-order valence-electron chi connectivity index (χ3n) is 1.78. The molecule has 98 valence electrons. The number of ether oxygens (including phenoxy) is 1. The number of hydrogen-bond donors (Lipinski definition) is 3. The molecule has 0 unspecified atom stereocenters. The summed E-state index contributed by atoms with van der Waals surface area (Å²) in [4.78, 5) is 15.3. The average Bonchev–Trinajstić information content (AvgIpc) is 2.17. The average molecular weight is 272 g/mol. The van der Waals surface area contributed by atoms with Gasteiger partial charge in [-0.15, -0.1) is 0 Å². The largest absolute Gasteiger partial charge is 0.490 e. The van der Waals surface area contributed by atoms with Crippen molar-refractivity contribution < 1.29 is 19.6 Å². The number of nitrogens with one attached hydrogen (secondary N) is 1. The number of halogens is 1. The van der Waals surface area contributed by atoms with Gasteiger partial charge in [0.1, 0.15) is 5.60 Å². The number of nitrogens with zero attached hydrogens (tertiary/aromatic N) is 1. The minimum Gasteiger partial charge on any atom is -0.444 e. The second kappa shape index (κ2) is 5.56. The maximum atomic E-state index is 11.5. The molecule has 1 aromatic rings. The summed E-state index contributed by atoms with van der Waals surface area (Å²) >= 11 is 5.83. The maximum Gasteiger partial charge on any atom is 0.490 e. The monoisotopic (exact) mass is 272 g/mol. The van der Waals surface area contributed by atoms with Gasteiger partial charge in [-0.1, -0.05) is 11.6 Å². The predicted molar refractivity (Wildman–Crippen MR) is 68.9 cm³/mol. The molecule has 1 aromatic heterocycles. The summed E-state index contributed by atoms with van der Waals surface area (Å²) in [5, 5.41) is 20.3. The van der Waals surface area contributed by atoms with Crippen molar-refractivity contribution in [3.8, 4) is 0 Å². The van der Waals surface area contributed by atoms with Gasteiger partial charge >= 0.3 is 13.2 Å². The van der Waals surface area contributed by atoms with Gasteiger partial charge in [0.05, 0.1) is 5.02 Å². The van der Waals surface area contributed by atoms with Crippen LogP contribution in [0, 0.1) is 0 Å². The molecular weight excluding hydrogens is 258 g/mol. The molecule has 1 heterocycles. The highest BCUT2D eigenvalue weighted by Crippen LogP contribution is 2.18. The third kappa shape index (κ3) is 4.52. The molecule has 3 N–H and O–H groups in total. The van der Waals surface area contributed by atoms with Crippen molar-refractivity contribution in [1.82, 2.24) is 4.98 Å². The molecule has 0 saturated heterocycles. The van der Waals surface area contributed by atoms with Crippen LogP contribution in [0.2, 0.25) is 5.02 Å². The summed E-state index contributed by atoms with van der Waals surface area (Å²) < 4.78 is 5.03. The van der Waals surface area contributed by atoms with E-state index in [2.05, 4.69) is 10.3 Å². The molecule has 1 amide bonds. The van der Waals surface area contributed by atoms with Crippen molar-refractivity contribution in [3.63, 3.8) is 0 Å². The van der Waals surface area contributed by atoms with E-state index >= 15 is 0 Å². The zero-order chi connectivity index (χ0) is 13.9. The first-order chi connectivity index (χ1) is 8.19. The Kier molecular flexibility index (Phi) is 4.56. The molecular formula is C10H14BClN2O4. The van der Waals surface area contributed by atoms with E-state index in [0.717, 1.165) is 0 Å². The maximum absolute atomic E-state index is 11.5. The highest BCUT2D eigenvalue weighted by Gasteiger charge is 2.19. The van der Waals surface area contributed by atoms with Crippen LogP contribution in [0.4, 0.5) is 10.6 Å². The SMILES string of the molecule is CC(C)(C)OC(=O)Nc1ncc(B(O)O)cc1Cl. The van der Waals surface area contributed by atoms with E-state index in [4.69, 9.17) is 26.4 Å². The van der Waals surface area contributed by atoms with Gasteiger partial charge in [-0.2, -0.15) is 0 Å². The van der Waals surface area contributed by atoms with Crippen LogP contribution in [0.5, 0.6) is 0 Å². The molecule has 0 saturated carbocycles. The second-order valence-electron chi connectivity index (χ2n) is 4.60. The first-order valence-corrected chi connectivity index (χ1v) is 5.58. The van der Waals surface area contributed by atoms with E-state index in [-0.39, 0.29) is 16.3 Å². The van der Waals surface area contributed by atoms with Crippen LogP contribution in [-0.2, 0) is 4.74 Å². The normalized spacial score (nSPS) is 11.0. The zero-order valence-electron chi connectivity index (χ0n) is 10.3. The summed E-state index contributed by atoms with van der Waals surface area (Å²) in [5.41, 5.74) is -0.493. The Hall–Kier alpha value is -1.31. The Morgan fingerprint density at radius 2 is 2.11 bits per heavy atom. The van der Waals surface area contributed by atoms with Crippen LogP contribution in [0.15, 0.2) is 12.3 Å². The number of carbonyl (C=O) groups is 1. The number of hydrogen-bond acceptors (Lipinski definition) is 5. The fraction of sp³-hybridized carbons (Fsp3) is 0.400. The van der Waals surface area contributed by atoms with Gasteiger partial charge in [0.25, 0.3) is 0 Å². The molecule has 0 aliphatic heterocycles. The first kappa shape index (κ1) is 14.8. The van der Waals surface area contributed by atoms with Gasteiger partial charge in [-0.05, 0) is 26.8 Å². The van der Waals surface area contributed by atoms with E-state index in [0.29, 0.717) is 0 Å². The second-order valence-corrected chi connectivity index (χ2v) is 5.01. The molecule has 0 radical (unpaired) electrons. The minimum atomic E-state index is -1.66. The number of anilines is 1. The van der Waals surface area contributed by atoms with Gasteiger partial charge in [-0.3, -0.25) is 5.32 Å². The Morgan fingerprint density at radius 1 is 1.50 bits per heavy atom. The Balaban J connectivity index is 2.77. The van der Waals surface area contributed by atoms with Crippen LogP contribution in [0.1, 0.15) is 20.8 Å². The first-order valence-electron chi connectivity index (χ1n) is 5.20. The number of pyridine rings is 1. The molecule has 0 fully saturated rings. The summed E-state index contributed by atoms with van der Waals surface area (Å²) in [6.07, 6.45) is 0.512. The van der Waals surface area contributed by atoms with Crippen molar-refractivity contribution in [2.75, 3.05) is 5.32 Å². The van der Waals surface area contributed by atoms with Crippen molar-refractivity contribution in [3.05, 3.63) is 17.3 Å². The van der Waals surface area contributed by atoms with Crippen molar-refractivity contribution in [2.45, 2.75) is 26.4 Å². The predicted octanol–water partition coefficient (Wildman–Crippen LogP) is 0.762. The lowest BCUT2D eigenvalue weighted by atomic mass is 9.82. The third-order valence-corrected chi connectivity index (χ3v) is 2.07. The summed E-state index contributed by atoms with van der Waals surface area (Å²) in [5.74, 6) is 0.0929. The molecule has 0 bridgehead atoms. The van der Waals surface area contributed by atoms with Crippen molar-refractivity contribution in [1.29, 1.82) is 0 Å². The molecule has 18 heavy (non-hydrogen) atoms. The van der Waals surface area contributed by atoms with Gasteiger partial charge in [-0.25, -0.2) is 9.78 Å². The fourth-order valence-electron chi connectivity index (χ4n) is 1.09. The quantitative estimate of drug-likeness (QED) is 0.691. The molecule has 6 nitrogen and oxygen atoms in total. The summed E-state index contributed by atoms with van der Waals surface area (Å²) in [7, 11) is -1.66. The van der Waals surface area contributed by atoms with Crippen LogP contribution >= 0.6 is 11.6 Å². The van der Waals surface area contributed by atoms with Crippen molar-refractivity contribution >= 4 is 36.1 Å². The van der Waals surface area contributed by atoms with Crippen molar-refractivity contribution in [2.24, 2.45) is 0 Å². The van der Waals surface area contributed by atoms with Gasteiger partial charge < -0.3 is 14.8 Å². The van der Waals surface area contributed by atoms with E-state index < -0.39 is 18.8 Å². The van der Waals surface area contributed by atoms with Gasteiger partial charge in [0, 0.05) is 11.7 Å². The molecule has 0 aromatic carbocycles. The van der Waals surface area contributed by atoms with E-state index in [1.807, 2.05) is 0 Å². The van der Waals surface area contributed by atoms with E-state index in [1.165, 1.54) is 12.3 Å². The molecule has 0 aliphatic rings. The molecule has 0 aliphatic carbocycles. The molecule has 0 atom stereocenters. The number of rotatable bonds is 2. The van der Waals surface area contributed by atoms with Crippen LogP contribution in [0.25, 0.3) is 0 Å². The Morgan fingerprint density at radius 3 is 2.56 bits per heavy atom. The van der Waals surface area contributed by atoms with E-state index in [1.54, 1.807) is 20.8 Å². The smallest absolute Gasteiger partial charge is 0.444 e. The van der Waals surface area contributed by atoms with Gasteiger partial charge in [0.2, 0.25) is 0 Å². The fourth-order valence-corrected chi connectivity index (χ4v) is 1.31. The molecule has 0 spiro atoms. The van der Waals surface area contributed by atoms with Crippen LogP contribution in [-0.4, -0.2) is 33.8 Å². The van der Waals surface area contributed by atoms with Crippen LogP contribution < -0.4 is 10.8 Å². The lowest BCUT2D eigenvalue weighted by Crippen LogP contribution is -2.31. The number of amides is 1. The Labute approximate surface area is 110 Å². The lowest BCUT2D eigenvalue weighted by molar-refractivity contribution is 0.0635. The topological polar surface area (TPSA) is 91.7 Å². The summed E-state index contributed by atoms with van der Waals surface area (Å²) in [6, 6.07) is 1.30. The number of aromatic nitrogens is 1. The molecule has 8 heteroatoms.